The van der Waals surface area contributed by atoms with Crippen LogP contribution in [0, 0.1) is 0 Å². The molecule has 0 spiro atoms. The van der Waals surface area contributed by atoms with E-state index in [0.717, 1.165) is 38.5 Å². The van der Waals surface area contributed by atoms with Gasteiger partial charge in [-0.2, -0.15) is 0 Å². The smallest absolute Gasteiger partial charge is 0.456 e. The molecule has 1 atom stereocenters. The van der Waals surface area contributed by atoms with Crippen molar-refractivity contribution in [1.82, 2.24) is 0 Å². The average molecular weight is 289 g/mol. The summed E-state index contributed by atoms with van der Waals surface area (Å²) in [6, 6.07) is 0. The van der Waals surface area contributed by atoms with Gasteiger partial charge in [-0.05, 0) is 37.2 Å². The highest BCUT2D eigenvalue weighted by Crippen LogP contribution is 2.30. The zero-order chi connectivity index (χ0) is 14.7. The lowest BCUT2D eigenvalue weighted by molar-refractivity contribution is -0.157. The van der Waals surface area contributed by atoms with Gasteiger partial charge in [0.05, 0.1) is 0 Å². The van der Waals surface area contributed by atoms with Crippen LogP contribution in [-0.4, -0.2) is 18.2 Å². The van der Waals surface area contributed by atoms with E-state index in [1.807, 2.05) is 0 Å². The Labute approximate surface area is 117 Å². The lowest BCUT2D eigenvalue weighted by Gasteiger charge is -2.33. The molecule has 0 aliphatic rings. The Morgan fingerprint density at radius 1 is 1.21 bits per heavy atom. The summed E-state index contributed by atoms with van der Waals surface area (Å²) in [6.07, 6.45) is 5.04. The van der Waals surface area contributed by atoms with Gasteiger partial charge in [-0.3, -0.25) is 0 Å². The molecule has 5 heteroatoms. The first-order valence-corrected chi connectivity index (χ1v) is 7.70. The summed E-state index contributed by atoms with van der Waals surface area (Å²) in [5.74, 6) is -0.325. The van der Waals surface area contributed by atoms with E-state index < -0.39 is 14.3 Å². The topological polar surface area (TPSA) is 52.6 Å². The number of hydrogen-bond donors (Lipinski definition) is 0. The van der Waals surface area contributed by atoms with Crippen molar-refractivity contribution >= 4 is 14.7 Å². The van der Waals surface area contributed by atoms with Crippen molar-refractivity contribution in [2.45, 2.75) is 64.9 Å². The maximum absolute atomic E-state index is 11.8. The molecule has 0 fully saturated rings. The molecule has 0 aromatic heterocycles. The highest BCUT2D eigenvalue weighted by atomic mass is 31.1. The van der Waals surface area contributed by atoms with E-state index in [1.54, 1.807) is 6.92 Å². The molecular weight excluding hydrogens is 263 g/mol. The lowest BCUT2D eigenvalue weighted by Crippen LogP contribution is -2.35. The van der Waals surface area contributed by atoms with E-state index >= 15 is 0 Å². The maximum Gasteiger partial charge on any atom is 0.494 e. The second-order valence-electron chi connectivity index (χ2n) is 4.89. The van der Waals surface area contributed by atoms with Gasteiger partial charge in [-0.15, -0.1) is 4.52 Å². The van der Waals surface area contributed by atoms with Crippen LogP contribution in [0.25, 0.3) is 0 Å². The van der Waals surface area contributed by atoms with Crippen molar-refractivity contribution < 1.29 is 18.6 Å². The Kier molecular flexibility index (Phi) is 9.72. The monoisotopic (exact) mass is 289 g/mol. The zero-order valence-corrected chi connectivity index (χ0v) is 13.3. The third-order valence-corrected chi connectivity index (χ3v) is 3.33. The van der Waals surface area contributed by atoms with E-state index in [9.17, 15) is 9.36 Å². The molecule has 0 rings (SSSR count). The van der Waals surface area contributed by atoms with Crippen LogP contribution >= 0.6 is 8.69 Å². The third kappa shape index (κ3) is 7.44. The normalized spacial score (nSPS) is 11.5. The average Bonchev–Trinajstić information content (AvgIpc) is 2.35. The molecule has 0 radical (unpaired) electrons. The van der Waals surface area contributed by atoms with E-state index in [1.165, 1.54) is 0 Å². The van der Waals surface area contributed by atoms with Gasteiger partial charge in [0.25, 0.3) is 0 Å². The van der Waals surface area contributed by atoms with Crippen molar-refractivity contribution in [2.75, 3.05) is 6.61 Å². The molecule has 0 aliphatic carbocycles. The van der Waals surface area contributed by atoms with Crippen molar-refractivity contribution in [3.63, 3.8) is 0 Å². The van der Waals surface area contributed by atoms with Crippen molar-refractivity contribution in [3.8, 4) is 0 Å². The van der Waals surface area contributed by atoms with E-state index in [-0.39, 0.29) is 5.97 Å². The first kappa shape index (κ1) is 18.3. The first-order chi connectivity index (χ1) is 9.01. The van der Waals surface area contributed by atoms with Crippen molar-refractivity contribution in [3.05, 3.63) is 12.2 Å². The quantitative estimate of drug-likeness (QED) is 0.248. The molecule has 0 amide bonds. The second-order valence-corrected chi connectivity index (χ2v) is 5.34. The summed E-state index contributed by atoms with van der Waals surface area (Å²) in [7, 11) is -0.727. The molecule has 0 N–H and O–H groups in total. The molecule has 0 saturated carbocycles. The predicted molar refractivity (Wildman–Crippen MR) is 77.6 cm³/mol. The molecular formula is C14H26O4P+. The van der Waals surface area contributed by atoms with Gasteiger partial charge in [-0.1, -0.05) is 33.3 Å². The molecule has 0 aromatic rings. The minimum atomic E-state index is -0.727. The molecule has 0 aromatic carbocycles. The number of hydrogen-bond acceptors (Lipinski definition) is 4. The molecule has 110 valence electrons. The highest BCUT2D eigenvalue weighted by molar-refractivity contribution is 7.17. The molecule has 0 bridgehead atoms. The number of carbonyl (C=O) groups is 1. The van der Waals surface area contributed by atoms with E-state index in [2.05, 4.69) is 20.4 Å². The molecule has 0 saturated heterocycles. The number of ether oxygens (including phenoxy) is 1. The molecule has 19 heavy (non-hydrogen) atoms. The fraction of sp³-hybridized carbons (Fsp3) is 0.786. The highest BCUT2D eigenvalue weighted by Gasteiger charge is 2.32. The SMILES string of the molecule is C=C(C)C(=O)OC(CCC)(CCC)CCCO[PH+]=O. The fourth-order valence-corrected chi connectivity index (χ4v) is 2.46. The Hall–Kier alpha value is -0.730. The van der Waals surface area contributed by atoms with Gasteiger partial charge in [0.1, 0.15) is 12.2 Å². The fourth-order valence-electron chi connectivity index (χ4n) is 2.23. The number of esters is 1. The van der Waals surface area contributed by atoms with Crippen LogP contribution in [0.4, 0.5) is 0 Å². The maximum atomic E-state index is 11.8. The molecule has 1 unspecified atom stereocenters. The second kappa shape index (κ2) is 10.1. The summed E-state index contributed by atoms with van der Waals surface area (Å²) in [4.78, 5) is 11.8. The van der Waals surface area contributed by atoms with Crippen LogP contribution in [0.2, 0.25) is 0 Å². The number of rotatable bonds is 11. The minimum Gasteiger partial charge on any atom is -0.456 e. The van der Waals surface area contributed by atoms with Crippen molar-refractivity contribution in [2.24, 2.45) is 0 Å². The van der Waals surface area contributed by atoms with Gasteiger partial charge >= 0.3 is 14.7 Å². The predicted octanol–water partition coefficient (Wildman–Crippen LogP) is 4.18. The minimum absolute atomic E-state index is 0.325. The summed E-state index contributed by atoms with van der Waals surface area (Å²) in [5, 5.41) is 0. The Morgan fingerprint density at radius 2 is 1.79 bits per heavy atom. The summed E-state index contributed by atoms with van der Waals surface area (Å²) in [6.45, 7) is 9.88. The third-order valence-electron chi connectivity index (χ3n) is 3.01. The molecule has 0 aliphatic heterocycles. The largest absolute Gasteiger partial charge is 0.494 e. The van der Waals surface area contributed by atoms with Crippen LogP contribution in [0.5, 0.6) is 0 Å². The Bertz CT molecular complexity index is 296. The van der Waals surface area contributed by atoms with E-state index in [0.29, 0.717) is 12.2 Å². The van der Waals surface area contributed by atoms with Crippen LogP contribution in [-0.2, 0) is 18.6 Å². The van der Waals surface area contributed by atoms with Gasteiger partial charge in [0.15, 0.2) is 0 Å². The summed E-state index contributed by atoms with van der Waals surface area (Å²) in [5.41, 5.74) is -0.0107. The van der Waals surface area contributed by atoms with Gasteiger partial charge in [0.2, 0.25) is 0 Å². The van der Waals surface area contributed by atoms with Gasteiger partial charge < -0.3 is 4.74 Å². The number of carbonyl (C=O) groups excluding carboxylic acids is 1. The van der Waals surface area contributed by atoms with Crippen molar-refractivity contribution in [1.29, 1.82) is 0 Å². The Morgan fingerprint density at radius 3 is 2.21 bits per heavy atom. The Balaban J connectivity index is 4.69. The van der Waals surface area contributed by atoms with E-state index in [4.69, 9.17) is 9.26 Å². The van der Waals surface area contributed by atoms with Crippen LogP contribution in [0.3, 0.4) is 0 Å². The first-order valence-electron chi connectivity index (χ1n) is 6.89. The zero-order valence-electron chi connectivity index (χ0n) is 12.3. The van der Waals surface area contributed by atoms with Crippen LogP contribution < -0.4 is 0 Å². The standard InChI is InChI=1S/C14H26O4P/c1-5-8-14(9-6-2,10-7-11-17-19-16)18-13(15)12(3)4/h19H,3,5-11H2,1-2,4H3/q+1. The van der Waals surface area contributed by atoms with Crippen LogP contribution in [0.1, 0.15) is 59.3 Å². The van der Waals surface area contributed by atoms with Crippen LogP contribution in [0.15, 0.2) is 12.2 Å². The van der Waals surface area contributed by atoms with Gasteiger partial charge in [0, 0.05) is 5.57 Å². The molecule has 0 heterocycles. The van der Waals surface area contributed by atoms with Gasteiger partial charge in [-0.25, -0.2) is 4.79 Å². The summed E-state index contributed by atoms with van der Waals surface area (Å²) < 4.78 is 20.8. The lowest BCUT2D eigenvalue weighted by atomic mass is 9.87. The summed E-state index contributed by atoms with van der Waals surface area (Å²) >= 11 is 0. The molecule has 4 nitrogen and oxygen atoms in total.